The molecule has 0 fully saturated rings. The van der Waals surface area contributed by atoms with Crippen molar-refractivity contribution in [2.24, 2.45) is 0 Å². The van der Waals surface area contributed by atoms with Crippen LogP contribution in [0.5, 0.6) is 0 Å². The molecule has 38 valence electrons. The molecule has 1 heterocycles. The van der Waals surface area contributed by atoms with Crippen LogP contribution in [0.3, 0.4) is 0 Å². The van der Waals surface area contributed by atoms with Gasteiger partial charge in [0, 0.05) is 24.8 Å². The van der Waals surface area contributed by atoms with E-state index >= 15 is 0 Å². The van der Waals surface area contributed by atoms with Gasteiger partial charge in [-0.3, -0.25) is 9.97 Å². The lowest BCUT2D eigenvalue weighted by Crippen LogP contribution is -1.66. The molecule has 2 nitrogen and oxygen atoms in total. The maximum Gasteiger partial charge on any atom is 0.0451 e. The van der Waals surface area contributed by atoms with Crippen molar-refractivity contribution >= 4 is 24.0 Å². The summed E-state index contributed by atoms with van der Waals surface area (Å²) in [5.41, 5.74) is 0. The Morgan fingerprint density at radius 1 is 0.714 bits per heavy atom. The summed E-state index contributed by atoms with van der Waals surface area (Å²) in [4.78, 5) is 7.44. The zero-order chi connectivity index (χ0) is 4.24. The van der Waals surface area contributed by atoms with E-state index in [-0.39, 0.29) is 24.0 Å². The molecule has 7 heavy (non-hydrogen) atoms. The third kappa shape index (κ3) is 2.50. The summed E-state index contributed by atoms with van der Waals surface area (Å²) in [5, 5.41) is 0. The monoisotopic (exact) mass is 208 g/mol. The van der Waals surface area contributed by atoms with Gasteiger partial charge in [0.2, 0.25) is 0 Å². The van der Waals surface area contributed by atoms with Crippen molar-refractivity contribution in [3.63, 3.8) is 0 Å². The molecule has 0 aromatic carbocycles. The van der Waals surface area contributed by atoms with E-state index in [2.05, 4.69) is 9.97 Å². The quantitative estimate of drug-likeness (QED) is 0.596. The molecule has 0 radical (unpaired) electrons. The van der Waals surface area contributed by atoms with Crippen molar-refractivity contribution in [2.75, 3.05) is 0 Å². The van der Waals surface area contributed by atoms with E-state index in [0.29, 0.717) is 0 Å². The first-order valence-electron chi connectivity index (χ1n) is 1.70. The molecule has 1 aromatic rings. The topological polar surface area (TPSA) is 25.8 Å². The highest BCUT2D eigenvalue weighted by molar-refractivity contribution is 14.0. The van der Waals surface area contributed by atoms with Crippen LogP contribution in [0.4, 0.5) is 0 Å². The summed E-state index contributed by atoms with van der Waals surface area (Å²) < 4.78 is 0. The highest BCUT2D eigenvalue weighted by Gasteiger charge is 1.59. The maximum absolute atomic E-state index is 3.72. The second-order valence-electron chi connectivity index (χ2n) is 0.894. The van der Waals surface area contributed by atoms with Gasteiger partial charge < -0.3 is 0 Å². The van der Waals surface area contributed by atoms with Crippen LogP contribution in [0.25, 0.3) is 0 Å². The van der Waals surface area contributed by atoms with Crippen molar-refractivity contribution in [1.29, 1.82) is 0 Å². The summed E-state index contributed by atoms with van der Waals surface area (Å²) in [7, 11) is 0. The van der Waals surface area contributed by atoms with E-state index in [4.69, 9.17) is 0 Å². The van der Waals surface area contributed by atoms with Gasteiger partial charge in [0.25, 0.3) is 0 Å². The summed E-state index contributed by atoms with van der Waals surface area (Å²) in [6.45, 7) is 0. The number of hydrogen-bond acceptors (Lipinski definition) is 2. The molecule has 0 saturated carbocycles. The van der Waals surface area contributed by atoms with Crippen LogP contribution in [0.1, 0.15) is 0 Å². The summed E-state index contributed by atoms with van der Waals surface area (Å²) in [6.07, 6.45) is 6.56. The minimum absolute atomic E-state index is 0. The molecule has 0 atom stereocenters. The lowest BCUT2D eigenvalue weighted by Gasteiger charge is -1.70. The number of halogens is 1. The summed E-state index contributed by atoms with van der Waals surface area (Å²) in [6, 6.07) is 0. The maximum atomic E-state index is 3.72. The van der Waals surface area contributed by atoms with Crippen LogP contribution in [0.2, 0.25) is 0 Å². The standard InChI is InChI=1S/C4H4N2.HI/c1-2-6-4-3-5-1;/h1-4H;1H. The molecule has 0 aliphatic rings. The van der Waals surface area contributed by atoms with Gasteiger partial charge in [-0.1, -0.05) is 0 Å². The van der Waals surface area contributed by atoms with Crippen LogP contribution in [0.15, 0.2) is 24.8 Å². The van der Waals surface area contributed by atoms with Crippen molar-refractivity contribution in [1.82, 2.24) is 9.97 Å². The molecule has 1 aromatic heterocycles. The molecule has 0 aliphatic heterocycles. The zero-order valence-corrected chi connectivity index (χ0v) is 5.94. The lowest BCUT2D eigenvalue weighted by molar-refractivity contribution is 1.20. The zero-order valence-electron chi connectivity index (χ0n) is 3.61. The van der Waals surface area contributed by atoms with E-state index in [1.807, 2.05) is 0 Å². The molecule has 0 spiro atoms. The second-order valence-corrected chi connectivity index (χ2v) is 0.894. The normalized spacial score (nSPS) is 6.86. The molecule has 0 bridgehead atoms. The smallest absolute Gasteiger partial charge is 0.0451 e. The van der Waals surface area contributed by atoms with Crippen molar-refractivity contribution < 1.29 is 0 Å². The number of aromatic nitrogens is 2. The van der Waals surface area contributed by atoms with Crippen molar-refractivity contribution in [2.45, 2.75) is 0 Å². The highest BCUT2D eigenvalue weighted by Crippen LogP contribution is 1.65. The van der Waals surface area contributed by atoms with Crippen molar-refractivity contribution in [3.05, 3.63) is 24.8 Å². The van der Waals surface area contributed by atoms with Gasteiger partial charge >= 0.3 is 0 Å². The van der Waals surface area contributed by atoms with Gasteiger partial charge in [0.15, 0.2) is 0 Å². The Kier molecular flexibility index (Phi) is 3.87. The molecule has 0 unspecified atom stereocenters. The fraction of sp³-hybridized carbons (Fsp3) is 0. The fourth-order valence-corrected chi connectivity index (χ4v) is 0.253. The summed E-state index contributed by atoms with van der Waals surface area (Å²) in [5.74, 6) is 0. The average molecular weight is 208 g/mol. The van der Waals surface area contributed by atoms with E-state index in [0.717, 1.165) is 0 Å². The Labute approximate surface area is 59.0 Å². The van der Waals surface area contributed by atoms with E-state index in [1.54, 1.807) is 24.8 Å². The predicted octanol–water partition coefficient (Wildman–Crippen LogP) is 1.09. The minimum atomic E-state index is 0. The third-order valence-electron chi connectivity index (χ3n) is 0.478. The van der Waals surface area contributed by atoms with Gasteiger partial charge in [-0.05, 0) is 0 Å². The number of nitrogens with zero attached hydrogens (tertiary/aromatic N) is 2. The fourth-order valence-electron chi connectivity index (χ4n) is 0.253. The average Bonchev–Trinajstić information content (AvgIpc) is 1.72. The Hall–Kier alpha value is -0.190. The number of hydrogen-bond donors (Lipinski definition) is 0. The van der Waals surface area contributed by atoms with Crippen LogP contribution >= 0.6 is 24.0 Å². The Morgan fingerprint density at radius 2 is 1.00 bits per heavy atom. The third-order valence-corrected chi connectivity index (χ3v) is 0.478. The summed E-state index contributed by atoms with van der Waals surface area (Å²) >= 11 is 0. The first-order valence-corrected chi connectivity index (χ1v) is 1.70. The van der Waals surface area contributed by atoms with E-state index in [9.17, 15) is 0 Å². The van der Waals surface area contributed by atoms with Crippen LogP contribution in [-0.4, -0.2) is 9.97 Å². The Morgan fingerprint density at radius 3 is 1.14 bits per heavy atom. The molecule has 3 heteroatoms. The number of rotatable bonds is 0. The van der Waals surface area contributed by atoms with E-state index in [1.165, 1.54) is 0 Å². The molecule has 0 N–H and O–H groups in total. The Bertz CT molecular complexity index is 81.6. The predicted molar refractivity (Wildman–Crippen MR) is 37.4 cm³/mol. The molecular weight excluding hydrogens is 203 g/mol. The van der Waals surface area contributed by atoms with Gasteiger partial charge in [-0.2, -0.15) is 0 Å². The minimum Gasteiger partial charge on any atom is -0.262 e. The molecule has 0 amide bonds. The van der Waals surface area contributed by atoms with Gasteiger partial charge in [-0.25, -0.2) is 0 Å². The molecule has 1 rings (SSSR count). The largest absolute Gasteiger partial charge is 0.262 e. The molecule has 0 aliphatic carbocycles. The van der Waals surface area contributed by atoms with Gasteiger partial charge in [0.05, 0.1) is 0 Å². The first kappa shape index (κ1) is 6.81. The first-order chi connectivity index (χ1) is 3.00. The lowest BCUT2D eigenvalue weighted by atomic mass is 10.8. The molecule has 0 saturated heterocycles. The Balaban J connectivity index is 0.000000360. The van der Waals surface area contributed by atoms with E-state index < -0.39 is 0 Å². The highest BCUT2D eigenvalue weighted by atomic mass is 127. The van der Waals surface area contributed by atoms with Crippen molar-refractivity contribution in [3.8, 4) is 0 Å². The van der Waals surface area contributed by atoms with Gasteiger partial charge in [0.1, 0.15) is 0 Å². The van der Waals surface area contributed by atoms with Crippen LogP contribution < -0.4 is 0 Å². The van der Waals surface area contributed by atoms with Crippen LogP contribution in [-0.2, 0) is 0 Å². The van der Waals surface area contributed by atoms with Crippen LogP contribution in [0, 0.1) is 0 Å². The van der Waals surface area contributed by atoms with Gasteiger partial charge in [-0.15, -0.1) is 24.0 Å². The second kappa shape index (κ2) is 3.98. The molecular formula is C4H5IN2. The SMILES string of the molecule is I.c1cnccn1.